The van der Waals surface area contributed by atoms with Crippen LogP contribution in [-0.4, -0.2) is 29.1 Å². The number of nitrogens with one attached hydrogen (secondary N) is 2. The second kappa shape index (κ2) is 7.41. The number of aromatic nitrogens is 1. The molecule has 0 saturated heterocycles. The highest BCUT2D eigenvalue weighted by molar-refractivity contribution is 5.94. The Labute approximate surface area is 125 Å². The molecule has 1 aromatic heterocycles. The number of hydrogen-bond donors (Lipinski definition) is 2. The van der Waals surface area contributed by atoms with Gasteiger partial charge in [-0.2, -0.15) is 0 Å². The fraction of sp³-hybridized carbons (Fsp3) is 0.625. The summed E-state index contributed by atoms with van der Waals surface area (Å²) >= 11 is 0. The number of rotatable bonds is 5. The topological polar surface area (TPSA) is 63.1 Å². The zero-order valence-electron chi connectivity index (χ0n) is 12.9. The lowest BCUT2D eigenvalue weighted by atomic mass is 9.91. The van der Waals surface area contributed by atoms with E-state index < -0.39 is 0 Å². The monoisotopic (exact) mass is 291 g/mol. The first kappa shape index (κ1) is 15.8. The molecule has 0 unspecified atom stereocenters. The van der Waals surface area contributed by atoms with E-state index in [0.29, 0.717) is 11.6 Å². The summed E-state index contributed by atoms with van der Waals surface area (Å²) < 4.78 is 1.46. The van der Waals surface area contributed by atoms with E-state index in [1.807, 2.05) is 0 Å². The standard InChI is InChI=1S/C16H25N3O2/c1-3-9-17-13-4-6-14(7-5-13)18-16(21)12-8-10-19(2)15(20)11-12/h8,10-11,13-14,17H,3-7,9H2,1-2H3,(H,18,21). The molecule has 1 fully saturated rings. The van der Waals surface area contributed by atoms with Gasteiger partial charge in [0.25, 0.3) is 11.5 Å². The molecule has 2 N–H and O–H groups in total. The van der Waals surface area contributed by atoms with E-state index in [1.54, 1.807) is 19.3 Å². The fourth-order valence-electron chi connectivity index (χ4n) is 2.75. The molecule has 1 heterocycles. The van der Waals surface area contributed by atoms with Crippen LogP contribution in [-0.2, 0) is 7.05 Å². The first-order chi connectivity index (χ1) is 10.1. The number of hydrogen-bond acceptors (Lipinski definition) is 3. The van der Waals surface area contributed by atoms with Crippen LogP contribution in [0, 0.1) is 0 Å². The summed E-state index contributed by atoms with van der Waals surface area (Å²) in [4.78, 5) is 23.7. The van der Waals surface area contributed by atoms with Crippen LogP contribution in [0.5, 0.6) is 0 Å². The highest BCUT2D eigenvalue weighted by Gasteiger charge is 2.22. The predicted octanol–water partition coefficient (Wildman–Crippen LogP) is 1.43. The van der Waals surface area contributed by atoms with E-state index in [2.05, 4.69) is 17.6 Å². The molecule has 0 spiro atoms. The average Bonchev–Trinajstić information content (AvgIpc) is 2.49. The molecule has 1 aromatic rings. The number of carbonyl (C=O) groups excluding carboxylic acids is 1. The third kappa shape index (κ3) is 4.43. The Hall–Kier alpha value is -1.62. The van der Waals surface area contributed by atoms with Crippen LogP contribution in [0.25, 0.3) is 0 Å². The molecule has 0 atom stereocenters. The van der Waals surface area contributed by atoms with Crippen LogP contribution in [0.15, 0.2) is 23.1 Å². The van der Waals surface area contributed by atoms with Gasteiger partial charge < -0.3 is 15.2 Å². The van der Waals surface area contributed by atoms with Gasteiger partial charge in [0.2, 0.25) is 0 Å². The Morgan fingerprint density at radius 2 is 1.95 bits per heavy atom. The SMILES string of the molecule is CCCNC1CCC(NC(=O)c2ccn(C)c(=O)c2)CC1. The van der Waals surface area contributed by atoms with Crippen molar-refractivity contribution in [3.05, 3.63) is 34.2 Å². The third-order valence-corrected chi connectivity index (χ3v) is 4.11. The summed E-state index contributed by atoms with van der Waals surface area (Å²) in [5, 5.41) is 6.58. The van der Waals surface area contributed by atoms with Crippen molar-refractivity contribution in [3.8, 4) is 0 Å². The minimum Gasteiger partial charge on any atom is -0.349 e. The molecule has 1 amide bonds. The first-order valence-corrected chi connectivity index (χ1v) is 7.81. The van der Waals surface area contributed by atoms with E-state index in [4.69, 9.17) is 0 Å². The number of nitrogens with zero attached hydrogens (tertiary/aromatic N) is 1. The second-order valence-corrected chi connectivity index (χ2v) is 5.84. The minimum atomic E-state index is -0.157. The smallest absolute Gasteiger partial charge is 0.251 e. The maximum absolute atomic E-state index is 12.2. The lowest BCUT2D eigenvalue weighted by Gasteiger charge is -2.29. The largest absolute Gasteiger partial charge is 0.349 e. The summed E-state index contributed by atoms with van der Waals surface area (Å²) in [5.41, 5.74) is 0.291. The van der Waals surface area contributed by atoms with Gasteiger partial charge in [0.1, 0.15) is 0 Å². The van der Waals surface area contributed by atoms with Crippen LogP contribution < -0.4 is 16.2 Å². The van der Waals surface area contributed by atoms with Crippen molar-refractivity contribution < 1.29 is 4.79 Å². The molecular formula is C16H25N3O2. The van der Waals surface area contributed by atoms with Gasteiger partial charge in [0.15, 0.2) is 0 Å². The van der Waals surface area contributed by atoms with E-state index >= 15 is 0 Å². The zero-order valence-corrected chi connectivity index (χ0v) is 12.9. The molecule has 2 rings (SSSR count). The van der Waals surface area contributed by atoms with Gasteiger partial charge >= 0.3 is 0 Å². The van der Waals surface area contributed by atoms with E-state index in [-0.39, 0.29) is 17.5 Å². The summed E-state index contributed by atoms with van der Waals surface area (Å²) in [6.07, 6.45) is 6.97. The molecule has 1 aliphatic rings. The van der Waals surface area contributed by atoms with E-state index in [1.165, 1.54) is 10.6 Å². The Kier molecular flexibility index (Phi) is 5.56. The summed E-state index contributed by atoms with van der Waals surface area (Å²) in [5.74, 6) is -0.141. The van der Waals surface area contributed by atoms with Crippen molar-refractivity contribution in [3.63, 3.8) is 0 Å². The molecular weight excluding hydrogens is 266 g/mol. The van der Waals surface area contributed by atoms with Crippen molar-refractivity contribution >= 4 is 5.91 Å². The van der Waals surface area contributed by atoms with Gasteiger partial charge in [-0.25, -0.2) is 0 Å². The van der Waals surface area contributed by atoms with Crippen molar-refractivity contribution in [2.45, 2.75) is 51.1 Å². The molecule has 0 aromatic carbocycles. The maximum atomic E-state index is 12.2. The van der Waals surface area contributed by atoms with Gasteiger partial charge in [-0.1, -0.05) is 6.92 Å². The van der Waals surface area contributed by atoms with Crippen LogP contribution in [0.4, 0.5) is 0 Å². The number of aryl methyl sites for hydroxylation is 1. The van der Waals surface area contributed by atoms with Crippen molar-refractivity contribution in [1.82, 2.24) is 15.2 Å². The van der Waals surface area contributed by atoms with Gasteiger partial charge in [-0.3, -0.25) is 9.59 Å². The van der Waals surface area contributed by atoms with E-state index in [0.717, 1.165) is 38.6 Å². The van der Waals surface area contributed by atoms with Crippen LogP contribution >= 0.6 is 0 Å². The normalized spacial score (nSPS) is 22.0. The van der Waals surface area contributed by atoms with E-state index in [9.17, 15) is 9.59 Å². The first-order valence-electron chi connectivity index (χ1n) is 7.81. The Bertz CT molecular complexity index is 531. The highest BCUT2D eigenvalue weighted by Crippen LogP contribution is 2.19. The average molecular weight is 291 g/mol. The number of amides is 1. The van der Waals surface area contributed by atoms with Crippen molar-refractivity contribution in [1.29, 1.82) is 0 Å². The maximum Gasteiger partial charge on any atom is 0.251 e. The van der Waals surface area contributed by atoms with Gasteiger partial charge in [-0.05, 0) is 44.7 Å². The minimum absolute atomic E-state index is 0.141. The van der Waals surface area contributed by atoms with Gasteiger partial charge in [-0.15, -0.1) is 0 Å². The lowest BCUT2D eigenvalue weighted by molar-refractivity contribution is 0.0924. The van der Waals surface area contributed by atoms with Crippen molar-refractivity contribution in [2.24, 2.45) is 7.05 Å². The number of carbonyl (C=O) groups is 1. The molecule has 1 aliphatic carbocycles. The molecule has 5 heteroatoms. The Morgan fingerprint density at radius 3 is 2.57 bits per heavy atom. The Morgan fingerprint density at radius 1 is 1.29 bits per heavy atom. The molecule has 0 aliphatic heterocycles. The molecule has 116 valence electrons. The lowest BCUT2D eigenvalue weighted by Crippen LogP contribution is -2.42. The summed E-state index contributed by atoms with van der Waals surface area (Å²) in [6, 6.07) is 3.89. The molecule has 21 heavy (non-hydrogen) atoms. The highest BCUT2D eigenvalue weighted by atomic mass is 16.2. The molecule has 0 bridgehead atoms. The zero-order chi connectivity index (χ0) is 15.2. The predicted molar refractivity (Wildman–Crippen MR) is 83.5 cm³/mol. The summed E-state index contributed by atoms with van der Waals surface area (Å²) in [6.45, 7) is 3.23. The third-order valence-electron chi connectivity index (χ3n) is 4.11. The van der Waals surface area contributed by atoms with Crippen molar-refractivity contribution in [2.75, 3.05) is 6.54 Å². The van der Waals surface area contributed by atoms with Crippen LogP contribution in [0.3, 0.4) is 0 Å². The molecule has 5 nitrogen and oxygen atoms in total. The van der Waals surface area contributed by atoms with Crippen LogP contribution in [0.1, 0.15) is 49.4 Å². The quantitative estimate of drug-likeness (QED) is 0.862. The van der Waals surface area contributed by atoms with Gasteiger partial charge in [0, 0.05) is 37.0 Å². The fourth-order valence-corrected chi connectivity index (χ4v) is 2.75. The Balaban J connectivity index is 1.84. The summed E-state index contributed by atoms with van der Waals surface area (Å²) in [7, 11) is 1.68. The van der Waals surface area contributed by atoms with Gasteiger partial charge in [0.05, 0.1) is 0 Å². The van der Waals surface area contributed by atoms with Crippen LogP contribution in [0.2, 0.25) is 0 Å². The number of pyridine rings is 1. The second-order valence-electron chi connectivity index (χ2n) is 5.84. The molecule has 0 radical (unpaired) electrons. The molecule has 1 saturated carbocycles.